The van der Waals surface area contributed by atoms with Gasteiger partial charge in [-0.2, -0.15) is 29.9 Å². The van der Waals surface area contributed by atoms with Gasteiger partial charge in [-0.25, -0.2) is 0 Å². The number of benzene rings is 3. The van der Waals surface area contributed by atoms with Gasteiger partial charge in [-0.05, 0) is 48.5 Å². The minimum Gasteiger partial charge on any atom is -0.664 e. The molecule has 5 aromatic rings. The summed E-state index contributed by atoms with van der Waals surface area (Å²) in [6.45, 7) is 0. The monoisotopic (exact) mass is 734 g/mol. The fourth-order valence-corrected chi connectivity index (χ4v) is 4.28. The number of nitrogens with zero attached hydrogens (tertiary/aromatic N) is 6. The predicted octanol–water partition coefficient (Wildman–Crippen LogP) is -12.6. The normalized spacial score (nSPS) is 10.6. The van der Waals surface area contributed by atoms with Crippen LogP contribution in [0.15, 0.2) is 96.9 Å². The Morgan fingerprint density at radius 3 is 1.29 bits per heavy atom. The molecule has 0 spiro atoms. The van der Waals surface area contributed by atoms with Crippen LogP contribution in [0.4, 0.5) is 58.4 Å². The quantitative estimate of drug-likeness (QED) is 0.0211. The number of carbonyl (C=O) groups excluding carboxylic acids is 3. The second-order valence-corrected chi connectivity index (χ2v) is 10.4. The maximum Gasteiger partial charge on any atom is 1.00 e. The van der Waals surface area contributed by atoms with Gasteiger partial charge in [0.1, 0.15) is 0 Å². The van der Waals surface area contributed by atoms with E-state index in [0.717, 1.165) is 0 Å². The van der Waals surface area contributed by atoms with Crippen LogP contribution < -0.4 is 128 Å². The number of nitrogens with one attached hydrogen (secondary N) is 6. The standard InChI is InChI=1S/C32H30N12O8.4Li/c45-24(46)15-22(17-52-51)37-31-41-27(33-18-7-3-1-4-8-18)39-29(42-31)35-20-11-13-21(14-12-20)36-30-40-28(34-19-9-5-2-6-10-19)43-32(44-30)38-23(26(49)50)16-25(47)48;;;;/h1-14,17,23,51H,15-16H2,(H,45,46)(H,47,48)(H,49,50)(H3,33,35,37,39,41,42)(H3,34,36,38,40,43,44);;;;/q;4*+1/p-4/b22-17+;;;;. The number of para-hydroxylation sites is 2. The topological polar surface area (TPSA) is 302 Å². The molecule has 0 saturated carbocycles. The summed E-state index contributed by atoms with van der Waals surface area (Å²) in [4.78, 5) is 63.0. The number of rotatable bonds is 18. The minimum atomic E-state index is -1.70. The zero-order valence-electron chi connectivity index (χ0n) is 30.6. The average Bonchev–Trinajstić information content (AvgIpc) is 3.09. The van der Waals surface area contributed by atoms with Crippen LogP contribution in [-0.4, -0.2) is 53.9 Å². The van der Waals surface area contributed by atoms with Gasteiger partial charge >= 0.3 is 75.4 Å². The SMILES string of the molecule is O=C([O-])C/C(=C\O[O-])Nc1nc(Nc2ccccc2)nc(Nc2ccc(Nc3nc(Nc4ccccc4)nc(NC(CC(=O)[O-])C(=O)[O-])n3)cc2)n1.[Li+].[Li+].[Li+].[Li+]. The van der Waals surface area contributed by atoms with E-state index in [9.17, 15) is 35.0 Å². The molecule has 56 heavy (non-hydrogen) atoms. The Kier molecular flexibility index (Phi) is 21.2. The van der Waals surface area contributed by atoms with E-state index >= 15 is 0 Å². The summed E-state index contributed by atoms with van der Waals surface area (Å²) in [6.07, 6.45) is -0.946. The molecule has 0 aliphatic carbocycles. The van der Waals surface area contributed by atoms with Gasteiger partial charge < -0.3 is 71.7 Å². The van der Waals surface area contributed by atoms with Gasteiger partial charge in [0.2, 0.25) is 35.7 Å². The van der Waals surface area contributed by atoms with Gasteiger partial charge in [0.05, 0.1) is 24.0 Å². The van der Waals surface area contributed by atoms with E-state index in [1.54, 1.807) is 78.9 Å². The molecule has 2 aromatic heterocycles. The van der Waals surface area contributed by atoms with E-state index in [2.05, 4.69) is 66.7 Å². The van der Waals surface area contributed by atoms with Gasteiger partial charge in [0.15, 0.2) is 0 Å². The molecule has 0 bridgehead atoms. The average molecular weight is 734 g/mol. The Balaban J connectivity index is 0.00000392. The fourth-order valence-electron chi connectivity index (χ4n) is 4.28. The van der Waals surface area contributed by atoms with Gasteiger partial charge in [-0.3, -0.25) is 0 Å². The van der Waals surface area contributed by atoms with Crippen LogP contribution in [0.25, 0.3) is 0 Å². The molecule has 3 aromatic carbocycles. The minimum absolute atomic E-state index is 0. The maximum absolute atomic E-state index is 11.6. The third kappa shape index (κ3) is 15.9. The molecule has 24 heteroatoms. The van der Waals surface area contributed by atoms with Crippen molar-refractivity contribution in [2.24, 2.45) is 0 Å². The summed E-state index contributed by atoms with van der Waals surface area (Å²) in [7, 11) is 0. The molecule has 0 radical (unpaired) electrons. The number of hydrogen-bond acceptors (Lipinski definition) is 20. The largest absolute Gasteiger partial charge is 1.00 e. The molecule has 266 valence electrons. The molecule has 1 unspecified atom stereocenters. The maximum atomic E-state index is 11.6. The van der Waals surface area contributed by atoms with Crippen LogP contribution >= 0.6 is 0 Å². The molecule has 0 saturated heterocycles. The third-order valence-electron chi connectivity index (χ3n) is 6.48. The van der Waals surface area contributed by atoms with Crippen LogP contribution in [0, 0.1) is 0 Å². The summed E-state index contributed by atoms with van der Waals surface area (Å²) < 4.78 is 0. The van der Waals surface area contributed by atoms with Gasteiger partial charge in [0.25, 0.3) is 0 Å². The molecule has 0 fully saturated rings. The van der Waals surface area contributed by atoms with Crippen molar-refractivity contribution >= 4 is 76.3 Å². The first-order valence-corrected chi connectivity index (χ1v) is 15.0. The van der Waals surface area contributed by atoms with Crippen molar-refractivity contribution < 1.29 is 115 Å². The first-order valence-electron chi connectivity index (χ1n) is 15.0. The first-order chi connectivity index (χ1) is 25.1. The Morgan fingerprint density at radius 1 is 0.554 bits per heavy atom. The second kappa shape index (κ2) is 24.3. The van der Waals surface area contributed by atoms with Gasteiger partial charge in [-0.15, -0.1) is 0 Å². The molecule has 20 nitrogen and oxygen atoms in total. The van der Waals surface area contributed by atoms with Crippen molar-refractivity contribution in [3.8, 4) is 0 Å². The van der Waals surface area contributed by atoms with Crippen molar-refractivity contribution in [1.82, 2.24) is 29.9 Å². The number of aliphatic carboxylic acids is 3. The van der Waals surface area contributed by atoms with Crippen molar-refractivity contribution in [1.29, 1.82) is 0 Å². The van der Waals surface area contributed by atoms with E-state index in [1.165, 1.54) is 0 Å². The summed E-state index contributed by atoms with van der Waals surface area (Å²) in [5.41, 5.74) is 2.03. The van der Waals surface area contributed by atoms with Crippen molar-refractivity contribution in [2.75, 3.05) is 31.9 Å². The number of hydrogen-bond donors (Lipinski definition) is 6. The smallest absolute Gasteiger partial charge is 0.664 e. The number of carboxylic acid groups (broad SMARTS) is 3. The predicted molar refractivity (Wildman–Crippen MR) is 177 cm³/mol. The molecule has 6 N–H and O–H groups in total. The first kappa shape index (κ1) is 48.8. The molecule has 1 atom stereocenters. The Hall–Kier alpha value is -5.22. The molecule has 0 aliphatic heterocycles. The summed E-state index contributed by atoms with van der Waals surface area (Å²) in [5, 5.41) is 61.5. The van der Waals surface area contributed by atoms with E-state index in [1.807, 2.05) is 6.07 Å². The Labute approximate surface area is 366 Å². The van der Waals surface area contributed by atoms with Gasteiger partial charge in [-0.1, -0.05) is 36.4 Å². The van der Waals surface area contributed by atoms with E-state index < -0.39 is 36.8 Å². The summed E-state index contributed by atoms with van der Waals surface area (Å²) >= 11 is 0. The van der Waals surface area contributed by atoms with Crippen molar-refractivity contribution in [3.05, 3.63) is 96.9 Å². The van der Waals surface area contributed by atoms with Crippen LogP contribution in [0.1, 0.15) is 12.8 Å². The Morgan fingerprint density at radius 2 is 0.929 bits per heavy atom. The van der Waals surface area contributed by atoms with E-state index in [4.69, 9.17) is 0 Å². The van der Waals surface area contributed by atoms with Crippen molar-refractivity contribution in [2.45, 2.75) is 18.9 Å². The molecule has 0 amide bonds. The van der Waals surface area contributed by atoms with Crippen LogP contribution in [0.3, 0.4) is 0 Å². The van der Waals surface area contributed by atoms with Crippen LogP contribution in [0.5, 0.6) is 0 Å². The number of carboxylic acids is 3. The van der Waals surface area contributed by atoms with Crippen LogP contribution in [0.2, 0.25) is 0 Å². The van der Waals surface area contributed by atoms with Crippen LogP contribution in [-0.2, 0) is 19.3 Å². The van der Waals surface area contributed by atoms with E-state index in [-0.39, 0.29) is 117 Å². The summed E-state index contributed by atoms with van der Waals surface area (Å²) in [5.74, 6) is -5.12. The number of anilines is 10. The second-order valence-electron chi connectivity index (χ2n) is 10.4. The molecular formula is C32H26Li4N12O8. The van der Waals surface area contributed by atoms with Gasteiger partial charge in [0, 0.05) is 47.5 Å². The summed E-state index contributed by atoms with van der Waals surface area (Å²) in [6, 6.07) is 22.6. The third-order valence-corrected chi connectivity index (χ3v) is 6.48. The number of carbonyl (C=O) groups is 3. The molecular weight excluding hydrogens is 708 g/mol. The fraction of sp³-hybridized carbons (Fsp3) is 0.0938. The van der Waals surface area contributed by atoms with Crippen molar-refractivity contribution in [3.63, 3.8) is 0 Å². The zero-order chi connectivity index (χ0) is 36.9. The molecule has 0 aliphatic rings. The van der Waals surface area contributed by atoms with E-state index in [0.29, 0.717) is 29.0 Å². The number of aromatic nitrogens is 6. The molecule has 5 rings (SSSR count). The zero-order valence-corrected chi connectivity index (χ0v) is 30.6. The Bertz CT molecular complexity index is 2060. The molecule has 2 heterocycles.